The number of hydrogen-bond acceptors (Lipinski definition) is 3. The Hall–Kier alpha value is 0.660. The monoisotopic (exact) mass is 150 g/mol. The van der Waals surface area contributed by atoms with Crippen LogP contribution in [0.2, 0.25) is 0 Å². The van der Waals surface area contributed by atoms with Gasteiger partial charge in [-0.1, -0.05) is 21.6 Å². The molecule has 48 valence electrons. The topological polar surface area (TPSA) is 9.23 Å². The fourth-order valence-corrected chi connectivity index (χ4v) is 3.05. The molecule has 1 nitrogen and oxygen atoms in total. The summed E-state index contributed by atoms with van der Waals surface area (Å²) in [7, 11) is 5.66. The van der Waals surface area contributed by atoms with Gasteiger partial charge in [-0.15, -0.1) is 0 Å². The van der Waals surface area contributed by atoms with Crippen molar-refractivity contribution in [3.05, 3.63) is 0 Å². The normalized spacial score (nSPS) is 30.4. The zero-order valence-electron chi connectivity index (χ0n) is 4.92. The molecule has 1 atom stereocenters. The predicted molar refractivity (Wildman–Crippen MR) is 40.3 cm³/mol. The number of ether oxygens (including phenoxy) is 1. The van der Waals surface area contributed by atoms with Gasteiger partial charge in [0.1, 0.15) is 0 Å². The van der Waals surface area contributed by atoms with Gasteiger partial charge >= 0.3 is 0 Å². The van der Waals surface area contributed by atoms with Gasteiger partial charge < -0.3 is 4.74 Å². The molecule has 0 aromatic carbocycles. The highest BCUT2D eigenvalue weighted by atomic mass is 33.1. The van der Waals surface area contributed by atoms with Crippen molar-refractivity contribution in [3.63, 3.8) is 0 Å². The SMILES string of the molecule is CO[C@H]1CCSSC1. The summed E-state index contributed by atoms with van der Waals surface area (Å²) in [6, 6.07) is 0. The Balaban J connectivity index is 2.13. The molecule has 1 rings (SSSR count). The fraction of sp³-hybridized carbons (Fsp3) is 1.00. The summed E-state index contributed by atoms with van der Waals surface area (Å²) in [5, 5.41) is 0. The molecule has 3 heteroatoms. The van der Waals surface area contributed by atoms with Crippen molar-refractivity contribution in [1.29, 1.82) is 0 Å². The molecular weight excluding hydrogens is 140 g/mol. The quantitative estimate of drug-likeness (QED) is 0.527. The Morgan fingerprint density at radius 2 is 2.38 bits per heavy atom. The second-order valence-corrected chi connectivity index (χ2v) is 4.38. The van der Waals surface area contributed by atoms with E-state index < -0.39 is 0 Å². The van der Waals surface area contributed by atoms with Gasteiger partial charge in [0.25, 0.3) is 0 Å². The average Bonchev–Trinajstić information content (AvgIpc) is 1.90. The first-order valence-corrected chi connectivity index (χ1v) is 5.19. The van der Waals surface area contributed by atoms with Crippen molar-refractivity contribution in [3.8, 4) is 0 Å². The molecule has 1 fully saturated rings. The molecule has 0 unspecified atom stereocenters. The van der Waals surface area contributed by atoms with E-state index in [4.69, 9.17) is 4.74 Å². The lowest BCUT2D eigenvalue weighted by Gasteiger charge is -2.18. The minimum absolute atomic E-state index is 0.529. The van der Waals surface area contributed by atoms with Gasteiger partial charge in [0.05, 0.1) is 6.10 Å². The van der Waals surface area contributed by atoms with Gasteiger partial charge in [-0.25, -0.2) is 0 Å². The largest absolute Gasteiger partial charge is 0.381 e. The van der Waals surface area contributed by atoms with Gasteiger partial charge in [0, 0.05) is 18.6 Å². The first-order chi connectivity index (χ1) is 3.93. The lowest BCUT2D eigenvalue weighted by atomic mass is 10.3. The predicted octanol–water partition coefficient (Wildman–Crippen LogP) is 1.79. The van der Waals surface area contributed by atoms with E-state index in [2.05, 4.69) is 0 Å². The van der Waals surface area contributed by atoms with Crippen LogP contribution in [0.15, 0.2) is 0 Å². The molecule has 0 aliphatic carbocycles. The molecule has 1 aliphatic rings. The molecule has 0 saturated carbocycles. The minimum Gasteiger partial charge on any atom is -0.381 e. The van der Waals surface area contributed by atoms with Crippen LogP contribution in [0.25, 0.3) is 0 Å². The third kappa shape index (κ3) is 1.88. The second kappa shape index (κ2) is 3.64. The molecule has 1 saturated heterocycles. The van der Waals surface area contributed by atoms with E-state index in [0.29, 0.717) is 6.10 Å². The third-order valence-electron chi connectivity index (χ3n) is 1.19. The summed E-state index contributed by atoms with van der Waals surface area (Å²) in [5.41, 5.74) is 0. The van der Waals surface area contributed by atoms with Gasteiger partial charge in [-0.2, -0.15) is 0 Å². The molecule has 0 spiro atoms. The Morgan fingerprint density at radius 1 is 1.50 bits per heavy atom. The summed E-state index contributed by atoms with van der Waals surface area (Å²) < 4.78 is 5.16. The van der Waals surface area contributed by atoms with E-state index in [1.807, 2.05) is 21.6 Å². The molecule has 0 aromatic rings. The Bertz CT molecular complexity index is 61.4. The molecule has 0 N–H and O–H groups in total. The summed E-state index contributed by atoms with van der Waals surface area (Å²) in [6.07, 6.45) is 1.76. The zero-order valence-corrected chi connectivity index (χ0v) is 6.56. The first-order valence-electron chi connectivity index (χ1n) is 2.70. The summed E-state index contributed by atoms with van der Waals surface area (Å²) in [5.74, 6) is 2.42. The van der Waals surface area contributed by atoms with E-state index in [1.165, 1.54) is 17.9 Å². The van der Waals surface area contributed by atoms with Crippen LogP contribution in [-0.2, 0) is 4.74 Å². The van der Waals surface area contributed by atoms with E-state index in [1.54, 1.807) is 7.11 Å². The van der Waals surface area contributed by atoms with E-state index >= 15 is 0 Å². The van der Waals surface area contributed by atoms with Gasteiger partial charge in [0.15, 0.2) is 0 Å². The van der Waals surface area contributed by atoms with Crippen LogP contribution in [0.5, 0.6) is 0 Å². The highest BCUT2D eigenvalue weighted by Gasteiger charge is 2.11. The Labute approximate surface area is 58.0 Å². The second-order valence-electron chi connectivity index (χ2n) is 1.75. The van der Waals surface area contributed by atoms with Crippen molar-refractivity contribution in [2.75, 3.05) is 18.6 Å². The average molecular weight is 150 g/mol. The smallest absolute Gasteiger partial charge is 0.0678 e. The number of rotatable bonds is 1. The standard InChI is InChI=1S/C5H10OS2/c1-6-5-2-3-7-8-4-5/h5H,2-4H2,1H3/t5-/m0/s1. The van der Waals surface area contributed by atoms with Crippen LogP contribution in [0.3, 0.4) is 0 Å². The van der Waals surface area contributed by atoms with Crippen LogP contribution < -0.4 is 0 Å². The van der Waals surface area contributed by atoms with Crippen molar-refractivity contribution < 1.29 is 4.74 Å². The molecule has 8 heavy (non-hydrogen) atoms. The Morgan fingerprint density at radius 3 is 2.75 bits per heavy atom. The first kappa shape index (κ1) is 6.78. The highest BCUT2D eigenvalue weighted by Crippen LogP contribution is 2.29. The number of hydrogen-bond donors (Lipinski definition) is 0. The maximum absolute atomic E-state index is 5.16. The van der Waals surface area contributed by atoms with Crippen LogP contribution in [0.1, 0.15) is 6.42 Å². The minimum atomic E-state index is 0.529. The highest BCUT2D eigenvalue weighted by molar-refractivity contribution is 8.76. The summed E-state index contributed by atoms with van der Waals surface area (Å²) in [6.45, 7) is 0. The molecule has 1 heterocycles. The third-order valence-corrected chi connectivity index (χ3v) is 3.68. The number of methoxy groups -OCH3 is 1. The molecule has 1 aliphatic heterocycles. The lowest BCUT2D eigenvalue weighted by molar-refractivity contribution is 0.120. The van der Waals surface area contributed by atoms with Gasteiger partial charge in [0.2, 0.25) is 0 Å². The lowest BCUT2D eigenvalue weighted by Crippen LogP contribution is -2.16. The molecular formula is C5H10OS2. The maximum atomic E-state index is 5.16. The fourth-order valence-electron chi connectivity index (χ4n) is 0.632. The van der Waals surface area contributed by atoms with Crippen LogP contribution in [0.4, 0.5) is 0 Å². The molecule has 0 bridgehead atoms. The van der Waals surface area contributed by atoms with Gasteiger partial charge in [-0.05, 0) is 6.42 Å². The van der Waals surface area contributed by atoms with Crippen LogP contribution in [0, 0.1) is 0 Å². The zero-order chi connectivity index (χ0) is 5.82. The van der Waals surface area contributed by atoms with Crippen molar-refractivity contribution in [1.82, 2.24) is 0 Å². The van der Waals surface area contributed by atoms with Crippen LogP contribution >= 0.6 is 21.6 Å². The Kier molecular flexibility index (Phi) is 3.08. The van der Waals surface area contributed by atoms with Crippen molar-refractivity contribution >= 4 is 21.6 Å². The van der Waals surface area contributed by atoms with E-state index in [0.717, 1.165) is 0 Å². The van der Waals surface area contributed by atoms with E-state index in [9.17, 15) is 0 Å². The summed E-state index contributed by atoms with van der Waals surface area (Å²) in [4.78, 5) is 0. The van der Waals surface area contributed by atoms with E-state index in [-0.39, 0.29) is 0 Å². The van der Waals surface area contributed by atoms with Crippen molar-refractivity contribution in [2.45, 2.75) is 12.5 Å². The van der Waals surface area contributed by atoms with Crippen LogP contribution in [-0.4, -0.2) is 24.7 Å². The molecule has 0 radical (unpaired) electrons. The summed E-state index contributed by atoms with van der Waals surface area (Å²) >= 11 is 0. The van der Waals surface area contributed by atoms with Crippen molar-refractivity contribution in [2.24, 2.45) is 0 Å². The maximum Gasteiger partial charge on any atom is 0.0678 e. The molecule has 0 amide bonds. The molecule has 0 aromatic heterocycles. The van der Waals surface area contributed by atoms with Gasteiger partial charge in [-0.3, -0.25) is 0 Å².